The summed E-state index contributed by atoms with van der Waals surface area (Å²) in [5.41, 5.74) is 1.64. The molecule has 1 nitrogen and oxygen atoms in total. The second-order valence-corrected chi connectivity index (χ2v) is 6.50. The number of fused-ring (bicyclic) bond motifs is 1. The van der Waals surface area contributed by atoms with Gasteiger partial charge in [0.15, 0.2) is 0 Å². The van der Waals surface area contributed by atoms with Crippen molar-refractivity contribution in [2.24, 2.45) is 5.92 Å². The van der Waals surface area contributed by atoms with Crippen LogP contribution in [-0.2, 0) is 12.8 Å². The van der Waals surface area contributed by atoms with Crippen molar-refractivity contribution in [2.75, 3.05) is 7.05 Å². The maximum atomic E-state index is 3.52. The molecule has 1 heterocycles. The molecule has 0 aromatic carbocycles. The fourth-order valence-corrected chi connectivity index (χ4v) is 4.50. The van der Waals surface area contributed by atoms with Crippen LogP contribution in [0.5, 0.6) is 0 Å². The first-order valence-electron chi connectivity index (χ1n) is 7.05. The lowest BCUT2D eigenvalue weighted by Crippen LogP contribution is -2.22. The predicted octanol–water partition coefficient (Wildman–Crippen LogP) is 4.32. The van der Waals surface area contributed by atoms with E-state index in [-0.39, 0.29) is 0 Å². The van der Waals surface area contributed by atoms with Crippen molar-refractivity contribution in [3.8, 4) is 0 Å². The van der Waals surface area contributed by atoms with Gasteiger partial charge >= 0.3 is 0 Å². The van der Waals surface area contributed by atoms with Gasteiger partial charge in [-0.25, -0.2) is 0 Å². The molecule has 0 saturated carbocycles. The van der Waals surface area contributed by atoms with Gasteiger partial charge in [0.05, 0.1) is 0 Å². The minimum atomic E-state index is 0.561. The molecule has 1 aromatic rings. The second kappa shape index (κ2) is 6.01. The molecule has 2 heteroatoms. The van der Waals surface area contributed by atoms with Gasteiger partial charge in [0, 0.05) is 15.8 Å². The highest BCUT2D eigenvalue weighted by molar-refractivity contribution is 7.12. The fourth-order valence-electron chi connectivity index (χ4n) is 3.00. The van der Waals surface area contributed by atoms with Gasteiger partial charge in [-0.15, -0.1) is 11.3 Å². The molecule has 1 aliphatic carbocycles. The Hall–Kier alpha value is -0.340. The van der Waals surface area contributed by atoms with Crippen LogP contribution in [-0.4, -0.2) is 7.05 Å². The molecular formula is C15H25NS. The molecule has 2 atom stereocenters. The van der Waals surface area contributed by atoms with E-state index in [0.29, 0.717) is 6.04 Å². The molecule has 0 aliphatic heterocycles. The molecule has 1 aromatic heterocycles. The highest BCUT2D eigenvalue weighted by atomic mass is 32.1. The van der Waals surface area contributed by atoms with E-state index >= 15 is 0 Å². The summed E-state index contributed by atoms with van der Waals surface area (Å²) in [5.74, 6) is 0.741. The van der Waals surface area contributed by atoms with E-state index in [4.69, 9.17) is 0 Å². The SMILES string of the molecule is CCCC(C)C(NC)c1cc2c(s1)CCCC2. The van der Waals surface area contributed by atoms with Crippen LogP contribution >= 0.6 is 11.3 Å². The van der Waals surface area contributed by atoms with Crippen molar-refractivity contribution in [1.82, 2.24) is 5.32 Å². The first kappa shape index (κ1) is 13.1. The van der Waals surface area contributed by atoms with Crippen LogP contribution in [0.4, 0.5) is 0 Å². The lowest BCUT2D eigenvalue weighted by molar-refractivity contribution is 0.388. The third-order valence-electron chi connectivity index (χ3n) is 3.95. The molecule has 0 amide bonds. The minimum absolute atomic E-state index is 0.561. The van der Waals surface area contributed by atoms with Gasteiger partial charge < -0.3 is 5.32 Å². The van der Waals surface area contributed by atoms with Gasteiger partial charge in [0.25, 0.3) is 0 Å². The first-order valence-corrected chi connectivity index (χ1v) is 7.86. The van der Waals surface area contributed by atoms with E-state index in [1.165, 1.54) is 38.5 Å². The molecule has 0 fully saturated rings. The monoisotopic (exact) mass is 251 g/mol. The Balaban J connectivity index is 2.16. The molecule has 0 spiro atoms. The Morgan fingerprint density at radius 1 is 1.35 bits per heavy atom. The molecule has 1 aliphatic rings. The summed E-state index contributed by atoms with van der Waals surface area (Å²) >= 11 is 2.06. The van der Waals surface area contributed by atoms with E-state index in [2.05, 4.69) is 43.6 Å². The van der Waals surface area contributed by atoms with Gasteiger partial charge in [-0.2, -0.15) is 0 Å². The lowest BCUT2D eigenvalue weighted by atomic mass is 9.94. The van der Waals surface area contributed by atoms with Crippen LogP contribution in [0.3, 0.4) is 0 Å². The Kier molecular flexibility index (Phi) is 4.63. The van der Waals surface area contributed by atoms with Crippen LogP contribution < -0.4 is 5.32 Å². The van der Waals surface area contributed by atoms with Gasteiger partial charge in [0.1, 0.15) is 0 Å². The number of thiophene rings is 1. The number of hydrogen-bond donors (Lipinski definition) is 1. The Bertz CT molecular complexity index is 332. The van der Waals surface area contributed by atoms with E-state index in [9.17, 15) is 0 Å². The summed E-state index contributed by atoms with van der Waals surface area (Å²) < 4.78 is 0. The fraction of sp³-hybridized carbons (Fsp3) is 0.733. The normalized spacial score (nSPS) is 18.8. The van der Waals surface area contributed by atoms with Gasteiger partial charge in [-0.1, -0.05) is 20.3 Å². The third-order valence-corrected chi connectivity index (χ3v) is 5.27. The van der Waals surface area contributed by atoms with Crippen LogP contribution in [0.2, 0.25) is 0 Å². The molecule has 0 radical (unpaired) electrons. The van der Waals surface area contributed by atoms with Crippen molar-refractivity contribution >= 4 is 11.3 Å². The smallest absolute Gasteiger partial charge is 0.0438 e. The quantitative estimate of drug-likeness (QED) is 0.821. The molecule has 1 N–H and O–H groups in total. The van der Waals surface area contributed by atoms with E-state index in [1.54, 1.807) is 15.3 Å². The van der Waals surface area contributed by atoms with Crippen molar-refractivity contribution in [3.63, 3.8) is 0 Å². The number of aryl methyl sites for hydroxylation is 2. The topological polar surface area (TPSA) is 12.0 Å². The number of rotatable bonds is 5. The zero-order chi connectivity index (χ0) is 12.3. The van der Waals surface area contributed by atoms with Crippen molar-refractivity contribution < 1.29 is 0 Å². The van der Waals surface area contributed by atoms with Gasteiger partial charge in [0.2, 0.25) is 0 Å². The molecule has 17 heavy (non-hydrogen) atoms. The average molecular weight is 251 g/mol. The first-order chi connectivity index (χ1) is 8.26. The van der Waals surface area contributed by atoms with E-state index in [0.717, 1.165) is 5.92 Å². The zero-order valence-corrected chi connectivity index (χ0v) is 12.2. The van der Waals surface area contributed by atoms with Crippen molar-refractivity contribution in [3.05, 3.63) is 21.4 Å². The number of hydrogen-bond acceptors (Lipinski definition) is 2. The lowest BCUT2D eigenvalue weighted by Gasteiger charge is -2.22. The standard InChI is InChI=1S/C15H25NS/c1-4-7-11(2)15(16-3)14-10-12-8-5-6-9-13(12)17-14/h10-11,15-16H,4-9H2,1-3H3. The third kappa shape index (κ3) is 2.92. The minimum Gasteiger partial charge on any atom is -0.312 e. The van der Waals surface area contributed by atoms with E-state index in [1.807, 2.05) is 0 Å². The van der Waals surface area contributed by atoms with Gasteiger partial charge in [-0.3, -0.25) is 0 Å². The van der Waals surface area contributed by atoms with Crippen molar-refractivity contribution in [1.29, 1.82) is 0 Å². The molecule has 0 bridgehead atoms. The molecule has 2 rings (SSSR count). The largest absolute Gasteiger partial charge is 0.312 e. The molecule has 96 valence electrons. The summed E-state index contributed by atoms with van der Waals surface area (Å²) in [4.78, 5) is 3.23. The average Bonchev–Trinajstić information content (AvgIpc) is 2.73. The molecule has 0 saturated heterocycles. The van der Waals surface area contributed by atoms with Gasteiger partial charge in [-0.05, 0) is 56.7 Å². The predicted molar refractivity (Wildman–Crippen MR) is 76.8 cm³/mol. The Labute approximate surface area is 110 Å². The maximum absolute atomic E-state index is 3.52. The second-order valence-electron chi connectivity index (χ2n) is 5.34. The van der Waals surface area contributed by atoms with Crippen LogP contribution in [0.1, 0.15) is 60.9 Å². The number of nitrogens with one attached hydrogen (secondary N) is 1. The molecule has 2 unspecified atom stereocenters. The summed E-state index contributed by atoms with van der Waals surface area (Å²) in [7, 11) is 2.11. The summed E-state index contributed by atoms with van der Waals surface area (Å²) in [5, 5.41) is 3.52. The summed E-state index contributed by atoms with van der Waals surface area (Å²) in [6.07, 6.45) is 8.00. The highest BCUT2D eigenvalue weighted by Gasteiger charge is 2.21. The molecular weight excluding hydrogens is 226 g/mol. The Morgan fingerprint density at radius 3 is 2.76 bits per heavy atom. The summed E-state index contributed by atoms with van der Waals surface area (Å²) in [6, 6.07) is 3.04. The van der Waals surface area contributed by atoms with Crippen LogP contribution in [0.15, 0.2) is 6.07 Å². The van der Waals surface area contributed by atoms with Crippen LogP contribution in [0, 0.1) is 5.92 Å². The van der Waals surface area contributed by atoms with Crippen LogP contribution in [0.25, 0.3) is 0 Å². The highest BCUT2D eigenvalue weighted by Crippen LogP contribution is 2.36. The maximum Gasteiger partial charge on any atom is 0.0438 e. The van der Waals surface area contributed by atoms with E-state index < -0.39 is 0 Å². The summed E-state index contributed by atoms with van der Waals surface area (Å²) in [6.45, 7) is 4.66. The Morgan fingerprint density at radius 2 is 2.12 bits per heavy atom. The van der Waals surface area contributed by atoms with Crippen molar-refractivity contribution in [2.45, 2.75) is 58.4 Å². The zero-order valence-electron chi connectivity index (χ0n) is 11.4.